The van der Waals surface area contributed by atoms with Crippen molar-refractivity contribution < 1.29 is 14.0 Å². The summed E-state index contributed by atoms with van der Waals surface area (Å²) in [5, 5.41) is 0. The lowest BCUT2D eigenvalue weighted by Crippen LogP contribution is -2.56. The highest BCUT2D eigenvalue weighted by Gasteiger charge is 2.61. The smallest absolute Gasteiger partial charge is 0.192 e. The van der Waals surface area contributed by atoms with Crippen LogP contribution < -0.4 is 0 Å². The Kier molecular flexibility index (Phi) is 5.98. The number of hydrogen-bond donors (Lipinski definition) is 0. The predicted molar refractivity (Wildman–Crippen MR) is 124 cm³/mol. The molecule has 0 unspecified atom stereocenters. The maximum atomic E-state index is 12.8. The zero-order valence-electron chi connectivity index (χ0n) is 19.9. The summed E-state index contributed by atoms with van der Waals surface area (Å²) in [6.45, 7) is 12.3. The Labute approximate surface area is 184 Å². The molecule has 0 aromatic heterocycles. The van der Waals surface area contributed by atoms with Crippen LogP contribution in [-0.2, 0) is 14.0 Å². The van der Waals surface area contributed by atoms with Crippen LogP contribution in [0.3, 0.4) is 0 Å². The molecule has 4 aliphatic rings. The van der Waals surface area contributed by atoms with Gasteiger partial charge in [-0.1, -0.05) is 40.2 Å². The Morgan fingerprint density at radius 1 is 1.03 bits per heavy atom. The first kappa shape index (κ1) is 22.5. The molecule has 0 amide bonds. The zero-order valence-corrected chi connectivity index (χ0v) is 20.9. The van der Waals surface area contributed by atoms with Gasteiger partial charge in [-0.05, 0) is 80.0 Å². The van der Waals surface area contributed by atoms with Gasteiger partial charge in [-0.2, -0.15) is 0 Å². The van der Waals surface area contributed by atoms with Gasteiger partial charge in [-0.3, -0.25) is 9.59 Å². The third-order valence-corrected chi connectivity index (χ3v) is 14.9. The minimum absolute atomic E-state index is 0.0287. The lowest BCUT2D eigenvalue weighted by molar-refractivity contribution is -0.134. The summed E-state index contributed by atoms with van der Waals surface area (Å²) >= 11 is 0. The van der Waals surface area contributed by atoms with E-state index in [0.29, 0.717) is 41.7 Å². The molecular weight excluding hydrogens is 388 g/mol. The molecule has 6 atom stereocenters. The van der Waals surface area contributed by atoms with Gasteiger partial charge in [-0.15, -0.1) is 0 Å². The largest absolute Gasteiger partial charge is 0.416 e. The van der Waals surface area contributed by atoms with Crippen molar-refractivity contribution in [1.29, 1.82) is 0 Å². The molecule has 0 aromatic rings. The van der Waals surface area contributed by atoms with Gasteiger partial charge in [0.05, 0.1) is 0 Å². The van der Waals surface area contributed by atoms with Crippen molar-refractivity contribution in [2.75, 3.05) is 6.61 Å². The fourth-order valence-electron chi connectivity index (χ4n) is 8.12. The average Bonchev–Trinajstić information content (AvgIpc) is 3.05. The molecule has 0 aliphatic heterocycles. The maximum Gasteiger partial charge on any atom is 0.192 e. The van der Waals surface area contributed by atoms with Gasteiger partial charge < -0.3 is 4.43 Å². The molecule has 0 heterocycles. The van der Waals surface area contributed by atoms with Crippen LogP contribution in [0.4, 0.5) is 0 Å². The summed E-state index contributed by atoms with van der Waals surface area (Å²) in [5.41, 5.74) is 1.34. The molecule has 0 bridgehead atoms. The molecule has 0 spiro atoms. The van der Waals surface area contributed by atoms with E-state index in [1.165, 1.54) is 23.7 Å². The van der Waals surface area contributed by atoms with Gasteiger partial charge in [-0.25, -0.2) is 0 Å². The summed E-state index contributed by atoms with van der Waals surface area (Å²) in [7, 11) is -1.70. The molecule has 3 saturated carbocycles. The van der Waals surface area contributed by atoms with E-state index >= 15 is 0 Å². The Bertz CT molecular complexity index is 730. The van der Waals surface area contributed by atoms with E-state index in [1.807, 2.05) is 6.08 Å². The summed E-state index contributed by atoms with van der Waals surface area (Å²) in [4.78, 5) is 25.2. The summed E-state index contributed by atoms with van der Waals surface area (Å²) in [5.74, 6) is 2.98. The normalized spacial score (nSPS) is 41.2. The van der Waals surface area contributed by atoms with Crippen molar-refractivity contribution in [3.05, 3.63) is 11.6 Å². The topological polar surface area (TPSA) is 43.4 Å². The van der Waals surface area contributed by atoms with Crippen molar-refractivity contribution in [3.8, 4) is 0 Å². The van der Waals surface area contributed by atoms with Crippen LogP contribution in [0.25, 0.3) is 0 Å². The maximum absolute atomic E-state index is 12.8. The van der Waals surface area contributed by atoms with Crippen LogP contribution >= 0.6 is 0 Å². The summed E-state index contributed by atoms with van der Waals surface area (Å²) < 4.78 is 6.99. The van der Waals surface area contributed by atoms with E-state index < -0.39 is 8.32 Å². The monoisotopic (exact) mass is 430 g/mol. The number of Topliss-reactive ketones (excluding diaryl/α,β-unsaturated/α-hetero) is 1. The second kappa shape index (κ2) is 7.99. The second-order valence-corrected chi connectivity index (χ2v) is 16.0. The van der Waals surface area contributed by atoms with E-state index in [0.717, 1.165) is 45.1 Å². The molecule has 3 nitrogen and oxygen atoms in total. The Morgan fingerprint density at radius 2 is 1.73 bits per heavy atom. The van der Waals surface area contributed by atoms with Crippen LogP contribution in [0.5, 0.6) is 0 Å². The highest BCUT2D eigenvalue weighted by Crippen LogP contribution is 2.65. The van der Waals surface area contributed by atoms with Gasteiger partial charge in [0.1, 0.15) is 5.78 Å². The van der Waals surface area contributed by atoms with Crippen LogP contribution in [0.2, 0.25) is 18.1 Å². The highest BCUT2D eigenvalue weighted by molar-refractivity contribution is 6.73. The standard InChI is InChI=1S/C26H42O3Si/c1-6-30(7-2,8-3)29-17-26-14-11-19(27)16-23(26)18(4)15-20-21-9-10-24(28)25(21,5)13-12-22(20)26/h16,18,20-22H,6-15,17H2,1-5H3/t18-,20+,21+,22+,25+,26+/m1/s1. The first-order valence-electron chi connectivity index (χ1n) is 12.7. The van der Waals surface area contributed by atoms with E-state index in [4.69, 9.17) is 4.43 Å². The van der Waals surface area contributed by atoms with Crippen molar-refractivity contribution in [2.45, 2.75) is 97.7 Å². The third-order valence-electron chi connectivity index (χ3n) is 10.3. The minimum Gasteiger partial charge on any atom is -0.416 e. The van der Waals surface area contributed by atoms with Crippen LogP contribution in [0.1, 0.15) is 79.6 Å². The number of rotatable bonds is 6. The number of carbonyl (C=O) groups is 2. The number of fused-ring (bicyclic) bond motifs is 5. The second-order valence-electron chi connectivity index (χ2n) is 11.2. The molecule has 30 heavy (non-hydrogen) atoms. The van der Waals surface area contributed by atoms with Gasteiger partial charge in [0.15, 0.2) is 14.1 Å². The van der Waals surface area contributed by atoms with Crippen LogP contribution in [0.15, 0.2) is 11.6 Å². The first-order chi connectivity index (χ1) is 14.2. The summed E-state index contributed by atoms with van der Waals surface area (Å²) in [6, 6.07) is 3.52. The number of carbonyl (C=O) groups excluding carboxylic acids is 2. The Morgan fingerprint density at radius 3 is 2.40 bits per heavy atom. The fourth-order valence-corrected chi connectivity index (χ4v) is 10.8. The third kappa shape index (κ3) is 3.23. The SMILES string of the molecule is CC[Si](CC)(CC)OC[C@]12CCC(=O)C=C1[C@H](C)C[C@@H]1[C@@H]2CC[C@]2(C)C(=O)CC[C@@H]12. The molecule has 0 radical (unpaired) electrons. The van der Waals surface area contributed by atoms with Crippen molar-refractivity contribution in [1.82, 2.24) is 0 Å². The van der Waals surface area contributed by atoms with E-state index in [1.54, 1.807) is 0 Å². The molecule has 168 valence electrons. The predicted octanol–water partition coefficient (Wildman–Crippen LogP) is 6.34. The highest BCUT2D eigenvalue weighted by atomic mass is 28.4. The van der Waals surface area contributed by atoms with Gasteiger partial charge in [0.2, 0.25) is 0 Å². The first-order valence-corrected chi connectivity index (χ1v) is 15.2. The molecule has 3 fully saturated rings. The van der Waals surface area contributed by atoms with E-state index in [-0.39, 0.29) is 10.8 Å². The molecule has 0 aromatic carbocycles. The lowest BCUT2D eigenvalue weighted by Gasteiger charge is -2.60. The quantitative estimate of drug-likeness (QED) is 0.462. The fraction of sp³-hybridized carbons (Fsp3) is 0.846. The Balaban J connectivity index is 1.72. The molecule has 4 aliphatic carbocycles. The molecule has 0 N–H and O–H groups in total. The van der Waals surface area contributed by atoms with Crippen molar-refractivity contribution in [2.24, 2.45) is 34.5 Å². The van der Waals surface area contributed by atoms with E-state index in [2.05, 4.69) is 34.6 Å². The van der Waals surface area contributed by atoms with E-state index in [9.17, 15) is 9.59 Å². The van der Waals surface area contributed by atoms with Gasteiger partial charge >= 0.3 is 0 Å². The number of hydrogen-bond acceptors (Lipinski definition) is 3. The van der Waals surface area contributed by atoms with Crippen molar-refractivity contribution in [3.63, 3.8) is 0 Å². The van der Waals surface area contributed by atoms with Gasteiger partial charge in [0.25, 0.3) is 0 Å². The van der Waals surface area contributed by atoms with Gasteiger partial charge in [0, 0.05) is 30.3 Å². The lowest BCUT2D eigenvalue weighted by atomic mass is 9.45. The molecule has 4 rings (SSSR count). The minimum atomic E-state index is -1.70. The molecular formula is C26H42O3Si. The Hall–Kier alpha value is -0.743. The molecule has 4 heteroatoms. The average molecular weight is 431 g/mol. The number of ketones is 2. The van der Waals surface area contributed by atoms with Crippen molar-refractivity contribution >= 4 is 19.9 Å². The zero-order chi connectivity index (χ0) is 21.7. The summed E-state index contributed by atoms with van der Waals surface area (Å²) in [6.07, 6.45) is 8.82. The molecule has 0 saturated heterocycles. The van der Waals surface area contributed by atoms with Crippen LogP contribution in [-0.4, -0.2) is 26.5 Å². The van der Waals surface area contributed by atoms with Crippen LogP contribution in [0, 0.1) is 34.5 Å².